The summed E-state index contributed by atoms with van der Waals surface area (Å²) in [6.07, 6.45) is 8.16. The topological polar surface area (TPSA) is 46.3 Å². The lowest BCUT2D eigenvalue weighted by molar-refractivity contribution is -0.142. The highest BCUT2D eigenvalue weighted by atomic mass is 16.2. The molecule has 114 valence electrons. The Kier molecular flexibility index (Phi) is 3.83. The van der Waals surface area contributed by atoms with E-state index in [-0.39, 0.29) is 5.41 Å². The highest BCUT2D eigenvalue weighted by Crippen LogP contribution is 2.47. The standard InChI is InChI=1S/C17H30N2O/c1-12(2)9-17(7-3-4-8-17)16(20)19-10-13-5-6-15(18)14(13)11-19/h12-15H,3-11,18H2,1-2H3. The number of carbonyl (C=O) groups is 1. The van der Waals surface area contributed by atoms with Crippen LogP contribution in [-0.4, -0.2) is 29.9 Å². The molecule has 20 heavy (non-hydrogen) atoms. The van der Waals surface area contributed by atoms with E-state index < -0.39 is 0 Å². The minimum absolute atomic E-state index is 0.0309. The SMILES string of the molecule is CC(C)CC1(C(=O)N2CC3CCC(N)C3C2)CCCC1. The van der Waals surface area contributed by atoms with Crippen molar-refractivity contribution < 1.29 is 4.79 Å². The average Bonchev–Trinajstić information content (AvgIpc) is 3.06. The lowest BCUT2D eigenvalue weighted by Gasteiger charge is -2.34. The van der Waals surface area contributed by atoms with Crippen LogP contribution in [0.1, 0.15) is 58.8 Å². The van der Waals surface area contributed by atoms with Gasteiger partial charge in [-0.15, -0.1) is 0 Å². The fourth-order valence-electron chi connectivity index (χ4n) is 5.15. The third-order valence-corrected chi connectivity index (χ3v) is 6.01. The van der Waals surface area contributed by atoms with Gasteiger partial charge in [-0.3, -0.25) is 4.79 Å². The second-order valence-corrected chi connectivity index (χ2v) is 7.96. The predicted molar refractivity (Wildman–Crippen MR) is 81.1 cm³/mol. The van der Waals surface area contributed by atoms with Crippen LogP contribution in [0.25, 0.3) is 0 Å². The van der Waals surface area contributed by atoms with Crippen molar-refractivity contribution in [2.24, 2.45) is 28.9 Å². The van der Waals surface area contributed by atoms with Crippen molar-refractivity contribution in [2.75, 3.05) is 13.1 Å². The van der Waals surface area contributed by atoms with Gasteiger partial charge in [0.1, 0.15) is 0 Å². The number of nitrogens with two attached hydrogens (primary N) is 1. The Labute approximate surface area is 123 Å². The first kappa shape index (κ1) is 14.4. The smallest absolute Gasteiger partial charge is 0.228 e. The lowest BCUT2D eigenvalue weighted by Crippen LogP contribution is -2.43. The number of amides is 1. The summed E-state index contributed by atoms with van der Waals surface area (Å²) in [6.45, 7) is 6.42. The molecule has 3 rings (SSSR count). The molecule has 0 aromatic heterocycles. The summed E-state index contributed by atoms with van der Waals surface area (Å²) in [5.74, 6) is 2.34. The minimum Gasteiger partial charge on any atom is -0.342 e. The van der Waals surface area contributed by atoms with Gasteiger partial charge in [-0.1, -0.05) is 26.7 Å². The molecule has 3 unspecified atom stereocenters. The molecule has 3 fully saturated rings. The van der Waals surface area contributed by atoms with Crippen molar-refractivity contribution in [3.05, 3.63) is 0 Å². The van der Waals surface area contributed by atoms with Gasteiger partial charge in [0.2, 0.25) is 5.91 Å². The summed E-state index contributed by atoms with van der Waals surface area (Å²) in [5.41, 5.74) is 6.18. The molecule has 3 atom stereocenters. The van der Waals surface area contributed by atoms with Crippen molar-refractivity contribution >= 4 is 5.91 Å². The molecular formula is C17H30N2O. The van der Waals surface area contributed by atoms with E-state index in [0.29, 0.717) is 29.7 Å². The van der Waals surface area contributed by atoms with Gasteiger partial charge in [0.15, 0.2) is 0 Å². The number of likely N-dealkylation sites (tertiary alicyclic amines) is 1. The zero-order valence-electron chi connectivity index (χ0n) is 13.1. The van der Waals surface area contributed by atoms with Crippen LogP contribution in [0, 0.1) is 23.2 Å². The summed E-state index contributed by atoms with van der Waals surface area (Å²) < 4.78 is 0. The molecular weight excluding hydrogens is 248 g/mol. The number of rotatable bonds is 3. The molecule has 2 N–H and O–H groups in total. The van der Waals surface area contributed by atoms with E-state index in [9.17, 15) is 4.79 Å². The number of hydrogen-bond donors (Lipinski definition) is 1. The van der Waals surface area contributed by atoms with Crippen LogP contribution in [0.4, 0.5) is 0 Å². The quantitative estimate of drug-likeness (QED) is 0.863. The van der Waals surface area contributed by atoms with Crippen LogP contribution in [0.2, 0.25) is 0 Å². The Balaban J connectivity index is 1.71. The Morgan fingerprint density at radius 2 is 1.95 bits per heavy atom. The average molecular weight is 278 g/mol. The number of fused-ring (bicyclic) bond motifs is 1. The third kappa shape index (κ3) is 2.38. The molecule has 0 bridgehead atoms. The van der Waals surface area contributed by atoms with Gasteiger partial charge in [0.05, 0.1) is 0 Å². The maximum atomic E-state index is 13.1. The third-order valence-electron chi connectivity index (χ3n) is 6.01. The molecule has 1 saturated heterocycles. The Bertz CT molecular complexity index is 373. The Hall–Kier alpha value is -0.570. The van der Waals surface area contributed by atoms with Crippen LogP contribution >= 0.6 is 0 Å². The normalized spacial score (nSPS) is 35.8. The second-order valence-electron chi connectivity index (χ2n) is 7.96. The Morgan fingerprint density at radius 1 is 1.25 bits per heavy atom. The van der Waals surface area contributed by atoms with Crippen molar-refractivity contribution in [1.82, 2.24) is 4.90 Å². The fourth-order valence-corrected chi connectivity index (χ4v) is 5.15. The lowest BCUT2D eigenvalue weighted by atomic mass is 9.77. The van der Waals surface area contributed by atoms with E-state index in [4.69, 9.17) is 5.73 Å². The van der Waals surface area contributed by atoms with Gasteiger partial charge in [-0.05, 0) is 49.9 Å². The van der Waals surface area contributed by atoms with Gasteiger partial charge in [-0.25, -0.2) is 0 Å². The molecule has 1 aliphatic heterocycles. The summed E-state index contributed by atoms with van der Waals surface area (Å²) in [7, 11) is 0. The second kappa shape index (κ2) is 5.32. The van der Waals surface area contributed by atoms with Crippen molar-refractivity contribution in [3.8, 4) is 0 Å². The van der Waals surface area contributed by atoms with Gasteiger partial charge >= 0.3 is 0 Å². The highest BCUT2D eigenvalue weighted by molar-refractivity contribution is 5.83. The molecule has 0 aromatic rings. The maximum absolute atomic E-state index is 13.1. The summed E-state index contributed by atoms with van der Waals surface area (Å²) in [4.78, 5) is 15.3. The van der Waals surface area contributed by atoms with Gasteiger partial charge in [-0.2, -0.15) is 0 Å². The monoisotopic (exact) mass is 278 g/mol. The first-order valence-electron chi connectivity index (χ1n) is 8.57. The first-order valence-corrected chi connectivity index (χ1v) is 8.57. The first-order chi connectivity index (χ1) is 9.52. The number of carbonyl (C=O) groups excluding carboxylic acids is 1. The van der Waals surface area contributed by atoms with Crippen LogP contribution in [-0.2, 0) is 4.79 Å². The molecule has 3 heteroatoms. The van der Waals surface area contributed by atoms with Crippen molar-refractivity contribution in [1.29, 1.82) is 0 Å². The van der Waals surface area contributed by atoms with E-state index >= 15 is 0 Å². The van der Waals surface area contributed by atoms with Crippen LogP contribution in [0.5, 0.6) is 0 Å². The van der Waals surface area contributed by atoms with E-state index in [1.165, 1.54) is 19.3 Å². The predicted octanol–water partition coefficient (Wildman–Crippen LogP) is 2.79. The molecule has 0 spiro atoms. The molecule has 2 saturated carbocycles. The van der Waals surface area contributed by atoms with Gasteiger partial charge in [0.25, 0.3) is 0 Å². The maximum Gasteiger partial charge on any atom is 0.228 e. The zero-order valence-corrected chi connectivity index (χ0v) is 13.1. The molecule has 0 aromatic carbocycles. The highest BCUT2D eigenvalue weighted by Gasteiger charge is 2.49. The molecule has 1 amide bonds. The van der Waals surface area contributed by atoms with Crippen LogP contribution in [0.15, 0.2) is 0 Å². The Morgan fingerprint density at radius 3 is 2.55 bits per heavy atom. The zero-order chi connectivity index (χ0) is 14.3. The molecule has 1 heterocycles. The van der Waals surface area contributed by atoms with E-state index in [1.54, 1.807) is 0 Å². The molecule has 0 radical (unpaired) electrons. The largest absolute Gasteiger partial charge is 0.342 e. The van der Waals surface area contributed by atoms with Gasteiger partial charge < -0.3 is 10.6 Å². The van der Waals surface area contributed by atoms with Crippen molar-refractivity contribution in [3.63, 3.8) is 0 Å². The van der Waals surface area contributed by atoms with E-state index in [2.05, 4.69) is 18.7 Å². The molecule has 3 aliphatic rings. The summed E-state index contributed by atoms with van der Waals surface area (Å²) in [6, 6.07) is 0.336. The van der Waals surface area contributed by atoms with E-state index in [0.717, 1.165) is 38.8 Å². The minimum atomic E-state index is -0.0309. The summed E-state index contributed by atoms with van der Waals surface area (Å²) >= 11 is 0. The van der Waals surface area contributed by atoms with E-state index in [1.807, 2.05) is 0 Å². The van der Waals surface area contributed by atoms with Gasteiger partial charge in [0, 0.05) is 24.5 Å². The number of nitrogens with zero attached hydrogens (tertiary/aromatic N) is 1. The van der Waals surface area contributed by atoms with Crippen LogP contribution in [0.3, 0.4) is 0 Å². The number of hydrogen-bond acceptors (Lipinski definition) is 2. The van der Waals surface area contributed by atoms with Crippen LogP contribution < -0.4 is 5.73 Å². The fraction of sp³-hybridized carbons (Fsp3) is 0.941. The summed E-state index contributed by atoms with van der Waals surface area (Å²) in [5, 5.41) is 0. The van der Waals surface area contributed by atoms with Crippen molar-refractivity contribution in [2.45, 2.75) is 64.8 Å². The molecule has 2 aliphatic carbocycles. The molecule has 3 nitrogen and oxygen atoms in total.